The highest BCUT2D eigenvalue weighted by Gasteiger charge is 2.21. The third kappa shape index (κ3) is 3.76. The van der Waals surface area contributed by atoms with Gasteiger partial charge in [-0.3, -0.25) is 0 Å². The minimum absolute atomic E-state index is 0.121. The van der Waals surface area contributed by atoms with E-state index < -0.39 is 5.82 Å². The van der Waals surface area contributed by atoms with Gasteiger partial charge >= 0.3 is 0 Å². The van der Waals surface area contributed by atoms with Gasteiger partial charge in [0, 0.05) is 0 Å². The molecule has 0 aliphatic heterocycles. The SMILES string of the molecule is CC(C)(C)C(O)CCc1ccc(F)c(Cl)c1. The van der Waals surface area contributed by atoms with Gasteiger partial charge in [-0.25, -0.2) is 4.39 Å². The molecule has 0 heterocycles. The zero-order valence-corrected chi connectivity index (χ0v) is 10.7. The average Bonchev–Trinajstić information content (AvgIpc) is 2.18. The van der Waals surface area contributed by atoms with Gasteiger partial charge in [-0.2, -0.15) is 0 Å². The maximum Gasteiger partial charge on any atom is 0.141 e. The molecule has 1 unspecified atom stereocenters. The highest BCUT2D eigenvalue weighted by Crippen LogP contribution is 2.24. The second-order valence-corrected chi connectivity index (χ2v) is 5.58. The first kappa shape index (κ1) is 13.5. The minimum Gasteiger partial charge on any atom is -0.393 e. The van der Waals surface area contributed by atoms with Crippen LogP contribution in [0.15, 0.2) is 18.2 Å². The van der Waals surface area contributed by atoms with E-state index in [2.05, 4.69) is 0 Å². The van der Waals surface area contributed by atoms with E-state index in [1.54, 1.807) is 12.1 Å². The van der Waals surface area contributed by atoms with Gasteiger partial charge in [0.25, 0.3) is 0 Å². The molecular formula is C13H18ClFO. The summed E-state index contributed by atoms with van der Waals surface area (Å²) in [5.41, 5.74) is 0.832. The molecule has 0 aromatic heterocycles. The Morgan fingerprint density at radius 3 is 2.50 bits per heavy atom. The first-order valence-corrected chi connectivity index (χ1v) is 5.80. The predicted octanol–water partition coefficient (Wildman–Crippen LogP) is 3.82. The van der Waals surface area contributed by atoms with Gasteiger partial charge in [0.15, 0.2) is 0 Å². The van der Waals surface area contributed by atoms with Crippen molar-refractivity contribution < 1.29 is 9.50 Å². The molecule has 0 aliphatic carbocycles. The number of aliphatic hydroxyl groups excluding tert-OH is 1. The molecule has 1 aromatic rings. The van der Waals surface area contributed by atoms with Crippen LogP contribution in [0.3, 0.4) is 0 Å². The van der Waals surface area contributed by atoms with Crippen molar-refractivity contribution in [1.29, 1.82) is 0 Å². The maximum absolute atomic E-state index is 12.9. The fourth-order valence-corrected chi connectivity index (χ4v) is 1.63. The normalized spacial score (nSPS) is 13.9. The van der Waals surface area contributed by atoms with Crippen molar-refractivity contribution in [2.24, 2.45) is 5.41 Å². The van der Waals surface area contributed by atoms with Crippen LogP contribution in [-0.4, -0.2) is 11.2 Å². The van der Waals surface area contributed by atoms with Crippen molar-refractivity contribution in [3.8, 4) is 0 Å². The van der Waals surface area contributed by atoms with E-state index in [1.807, 2.05) is 20.8 Å². The van der Waals surface area contributed by atoms with Crippen molar-refractivity contribution in [1.82, 2.24) is 0 Å². The molecule has 1 N–H and O–H groups in total. The number of aryl methyl sites for hydroxylation is 1. The Morgan fingerprint density at radius 2 is 2.00 bits per heavy atom. The Labute approximate surface area is 101 Å². The average molecular weight is 245 g/mol. The molecule has 0 saturated carbocycles. The fourth-order valence-electron chi connectivity index (χ4n) is 1.43. The fraction of sp³-hybridized carbons (Fsp3) is 0.538. The molecule has 0 fully saturated rings. The number of rotatable bonds is 3. The first-order valence-electron chi connectivity index (χ1n) is 5.42. The number of benzene rings is 1. The molecule has 1 nitrogen and oxygen atoms in total. The van der Waals surface area contributed by atoms with E-state index in [0.29, 0.717) is 12.8 Å². The molecule has 3 heteroatoms. The number of aliphatic hydroxyl groups is 1. The Morgan fingerprint density at radius 1 is 1.38 bits per heavy atom. The van der Waals surface area contributed by atoms with Crippen molar-refractivity contribution in [2.45, 2.75) is 39.7 Å². The molecule has 0 bridgehead atoms. The van der Waals surface area contributed by atoms with E-state index in [4.69, 9.17) is 11.6 Å². The van der Waals surface area contributed by atoms with Crippen LogP contribution >= 0.6 is 11.6 Å². The lowest BCUT2D eigenvalue weighted by atomic mass is 9.86. The summed E-state index contributed by atoms with van der Waals surface area (Å²) < 4.78 is 12.9. The summed E-state index contributed by atoms with van der Waals surface area (Å²) in [6.07, 6.45) is 1.00. The Hall–Kier alpha value is -0.600. The van der Waals surface area contributed by atoms with E-state index in [-0.39, 0.29) is 16.5 Å². The molecule has 90 valence electrons. The van der Waals surface area contributed by atoms with Gasteiger partial charge in [0.2, 0.25) is 0 Å². The Bertz CT molecular complexity index is 357. The Kier molecular flexibility index (Phi) is 4.34. The molecule has 16 heavy (non-hydrogen) atoms. The quantitative estimate of drug-likeness (QED) is 0.857. The molecular weight excluding hydrogens is 227 g/mol. The molecule has 0 saturated heterocycles. The lowest BCUT2D eigenvalue weighted by Gasteiger charge is -2.25. The van der Waals surface area contributed by atoms with E-state index in [0.717, 1.165) is 5.56 Å². The molecule has 1 rings (SSSR count). The summed E-state index contributed by atoms with van der Waals surface area (Å²) in [5, 5.41) is 10.0. The topological polar surface area (TPSA) is 20.2 Å². The van der Waals surface area contributed by atoms with Crippen molar-refractivity contribution >= 4 is 11.6 Å². The monoisotopic (exact) mass is 244 g/mol. The summed E-state index contributed by atoms with van der Waals surface area (Å²) in [4.78, 5) is 0. The van der Waals surface area contributed by atoms with E-state index in [9.17, 15) is 9.50 Å². The highest BCUT2D eigenvalue weighted by molar-refractivity contribution is 6.30. The largest absolute Gasteiger partial charge is 0.393 e. The van der Waals surface area contributed by atoms with Crippen LogP contribution in [0, 0.1) is 11.2 Å². The van der Waals surface area contributed by atoms with Gasteiger partial charge in [0.1, 0.15) is 5.82 Å². The summed E-state index contributed by atoms with van der Waals surface area (Å²) in [5.74, 6) is -0.401. The van der Waals surface area contributed by atoms with Crippen LogP contribution in [0.1, 0.15) is 32.8 Å². The van der Waals surface area contributed by atoms with Crippen molar-refractivity contribution in [3.63, 3.8) is 0 Å². The second-order valence-electron chi connectivity index (χ2n) is 5.17. The van der Waals surface area contributed by atoms with Crippen LogP contribution in [0.2, 0.25) is 5.02 Å². The first-order chi connectivity index (χ1) is 7.30. The lowest BCUT2D eigenvalue weighted by Crippen LogP contribution is -2.26. The second kappa shape index (κ2) is 5.15. The van der Waals surface area contributed by atoms with Gasteiger partial charge in [-0.1, -0.05) is 38.4 Å². The summed E-state index contributed by atoms with van der Waals surface area (Å²) >= 11 is 5.68. The maximum atomic E-state index is 12.9. The van der Waals surface area contributed by atoms with Crippen LogP contribution in [0.5, 0.6) is 0 Å². The number of halogens is 2. The Balaban J connectivity index is 2.58. The summed E-state index contributed by atoms with van der Waals surface area (Å²) in [6.45, 7) is 5.99. The molecule has 0 spiro atoms. The summed E-state index contributed by atoms with van der Waals surface area (Å²) in [7, 11) is 0. The van der Waals surface area contributed by atoms with Gasteiger partial charge in [-0.15, -0.1) is 0 Å². The molecule has 1 aromatic carbocycles. The van der Waals surface area contributed by atoms with Crippen LogP contribution in [0.4, 0.5) is 4.39 Å². The number of hydrogen-bond donors (Lipinski definition) is 1. The molecule has 1 atom stereocenters. The van der Waals surface area contributed by atoms with Gasteiger partial charge in [-0.05, 0) is 36.0 Å². The standard InChI is InChI=1S/C13H18ClFO/c1-13(2,3)12(16)7-5-9-4-6-11(15)10(14)8-9/h4,6,8,12,16H,5,7H2,1-3H3. The molecule has 0 radical (unpaired) electrons. The van der Waals surface area contributed by atoms with Crippen molar-refractivity contribution in [3.05, 3.63) is 34.6 Å². The van der Waals surface area contributed by atoms with Crippen LogP contribution in [-0.2, 0) is 6.42 Å². The highest BCUT2D eigenvalue weighted by atomic mass is 35.5. The zero-order valence-electron chi connectivity index (χ0n) is 9.93. The van der Waals surface area contributed by atoms with Gasteiger partial charge in [0.05, 0.1) is 11.1 Å². The van der Waals surface area contributed by atoms with Crippen molar-refractivity contribution in [2.75, 3.05) is 0 Å². The molecule has 0 aliphatic rings. The predicted molar refractivity (Wildman–Crippen MR) is 65.2 cm³/mol. The smallest absolute Gasteiger partial charge is 0.141 e. The van der Waals surface area contributed by atoms with E-state index >= 15 is 0 Å². The summed E-state index contributed by atoms with van der Waals surface area (Å²) in [6, 6.07) is 4.68. The van der Waals surface area contributed by atoms with Crippen LogP contribution in [0.25, 0.3) is 0 Å². The van der Waals surface area contributed by atoms with E-state index in [1.165, 1.54) is 6.07 Å². The number of hydrogen-bond acceptors (Lipinski definition) is 1. The third-order valence-electron chi connectivity index (χ3n) is 2.69. The molecule has 0 amide bonds. The third-order valence-corrected chi connectivity index (χ3v) is 2.98. The van der Waals surface area contributed by atoms with Crippen LogP contribution < -0.4 is 0 Å². The minimum atomic E-state index is -0.401. The van der Waals surface area contributed by atoms with Gasteiger partial charge < -0.3 is 5.11 Å². The lowest BCUT2D eigenvalue weighted by molar-refractivity contribution is 0.0560. The zero-order chi connectivity index (χ0) is 12.3.